The highest BCUT2D eigenvalue weighted by Crippen LogP contribution is 2.34. The maximum atomic E-state index is 5.42. The molecule has 0 aliphatic carbocycles. The van der Waals surface area contributed by atoms with Gasteiger partial charge >= 0.3 is 0 Å². The second-order valence-corrected chi connectivity index (χ2v) is 4.26. The van der Waals surface area contributed by atoms with Crippen molar-refractivity contribution in [3.63, 3.8) is 0 Å². The van der Waals surface area contributed by atoms with E-state index in [2.05, 4.69) is 27.2 Å². The number of methoxy groups -OCH3 is 1. The molecule has 1 aromatic rings. The van der Waals surface area contributed by atoms with Crippen LogP contribution in [0.25, 0.3) is 0 Å². The van der Waals surface area contributed by atoms with Crippen molar-refractivity contribution in [3.05, 3.63) is 6.33 Å². The van der Waals surface area contributed by atoms with Gasteiger partial charge in [-0.15, -0.1) is 0 Å². The van der Waals surface area contributed by atoms with Gasteiger partial charge in [0.05, 0.1) is 7.11 Å². The first-order chi connectivity index (χ1) is 8.27. The van der Waals surface area contributed by atoms with Gasteiger partial charge in [0.15, 0.2) is 11.6 Å². The molecule has 0 aromatic carbocycles. The van der Waals surface area contributed by atoms with E-state index in [0.717, 1.165) is 12.4 Å². The van der Waals surface area contributed by atoms with Crippen LogP contribution < -0.4 is 20.9 Å². The minimum Gasteiger partial charge on any atom is -0.490 e. The lowest BCUT2D eigenvalue weighted by Gasteiger charge is -2.35. The van der Waals surface area contributed by atoms with Gasteiger partial charge in [0, 0.05) is 12.6 Å². The lowest BCUT2D eigenvalue weighted by Crippen LogP contribution is -2.38. The molecule has 1 aliphatic heterocycles. The highest BCUT2D eigenvalue weighted by molar-refractivity contribution is 5.64. The molecule has 2 heterocycles. The number of aromatic nitrogens is 2. The summed E-state index contributed by atoms with van der Waals surface area (Å²) in [7, 11) is 1.61. The molecule has 94 valence electrons. The first-order valence-corrected chi connectivity index (χ1v) is 5.90. The van der Waals surface area contributed by atoms with Crippen LogP contribution in [0.5, 0.6) is 5.75 Å². The lowest BCUT2D eigenvalue weighted by molar-refractivity contribution is 0.404. The lowest BCUT2D eigenvalue weighted by atomic mass is 10.0. The fourth-order valence-corrected chi connectivity index (χ4v) is 2.27. The fraction of sp³-hybridized carbons (Fsp3) is 0.636. The Morgan fingerprint density at radius 2 is 2.29 bits per heavy atom. The standard InChI is InChI=1S/C11H19N5O/c1-8-5-3-4-6-16(8)11-9(17-2)10(15-12)13-7-14-11/h7-8H,3-6,12H2,1-2H3,(H,13,14,15). The van der Waals surface area contributed by atoms with Crippen molar-refractivity contribution in [1.82, 2.24) is 9.97 Å². The molecule has 1 aromatic heterocycles. The third-order valence-corrected chi connectivity index (χ3v) is 3.20. The van der Waals surface area contributed by atoms with Crippen LogP contribution in [0.15, 0.2) is 6.33 Å². The van der Waals surface area contributed by atoms with Crippen LogP contribution in [0.1, 0.15) is 26.2 Å². The number of nitrogens with zero attached hydrogens (tertiary/aromatic N) is 3. The molecule has 0 radical (unpaired) electrons. The SMILES string of the molecule is COc1c(NN)ncnc1N1CCCCC1C. The van der Waals surface area contributed by atoms with Crippen molar-refractivity contribution >= 4 is 11.6 Å². The second kappa shape index (κ2) is 5.18. The molecule has 0 amide bonds. The monoisotopic (exact) mass is 237 g/mol. The largest absolute Gasteiger partial charge is 0.490 e. The van der Waals surface area contributed by atoms with Gasteiger partial charge < -0.3 is 15.1 Å². The summed E-state index contributed by atoms with van der Waals surface area (Å²) in [6, 6.07) is 0.471. The van der Waals surface area contributed by atoms with Gasteiger partial charge in [-0.2, -0.15) is 0 Å². The number of hydrogen-bond acceptors (Lipinski definition) is 6. The molecule has 3 N–H and O–H groups in total. The normalized spacial score (nSPS) is 20.2. The summed E-state index contributed by atoms with van der Waals surface area (Å²) in [5.74, 6) is 7.38. The maximum absolute atomic E-state index is 5.42. The van der Waals surface area contributed by atoms with Crippen molar-refractivity contribution in [2.45, 2.75) is 32.2 Å². The third-order valence-electron chi connectivity index (χ3n) is 3.20. The molecular weight excluding hydrogens is 218 g/mol. The minimum atomic E-state index is 0.471. The number of hydrazine groups is 1. The summed E-state index contributed by atoms with van der Waals surface area (Å²) >= 11 is 0. The van der Waals surface area contributed by atoms with E-state index in [1.54, 1.807) is 7.11 Å². The van der Waals surface area contributed by atoms with Crippen LogP contribution in [0, 0.1) is 0 Å². The minimum absolute atomic E-state index is 0.471. The van der Waals surface area contributed by atoms with Crippen molar-refractivity contribution < 1.29 is 4.74 Å². The van der Waals surface area contributed by atoms with Crippen LogP contribution in [0.3, 0.4) is 0 Å². The van der Waals surface area contributed by atoms with Crippen LogP contribution in [0.2, 0.25) is 0 Å². The number of nitrogen functional groups attached to an aromatic ring is 1. The smallest absolute Gasteiger partial charge is 0.205 e. The predicted molar refractivity (Wildman–Crippen MR) is 67.1 cm³/mol. The molecule has 6 heteroatoms. The van der Waals surface area contributed by atoms with Crippen LogP contribution in [-0.2, 0) is 0 Å². The van der Waals surface area contributed by atoms with Gasteiger partial charge in [-0.1, -0.05) is 0 Å². The Hall–Kier alpha value is -1.56. The van der Waals surface area contributed by atoms with Gasteiger partial charge in [0.1, 0.15) is 6.33 Å². The Morgan fingerprint density at radius 3 is 2.94 bits per heavy atom. The van der Waals surface area contributed by atoms with E-state index in [-0.39, 0.29) is 0 Å². The summed E-state index contributed by atoms with van der Waals surface area (Å²) in [5, 5.41) is 0. The first-order valence-electron chi connectivity index (χ1n) is 5.90. The zero-order valence-electron chi connectivity index (χ0n) is 10.3. The third kappa shape index (κ3) is 2.26. The van der Waals surface area contributed by atoms with Crippen LogP contribution >= 0.6 is 0 Å². The second-order valence-electron chi connectivity index (χ2n) is 4.26. The topological polar surface area (TPSA) is 76.3 Å². The molecule has 1 saturated heterocycles. The molecule has 6 nitrogen and oxygen atoms in total. The van der Waals surface area contributed by atoms with E-state index in [1.165, 1.54) is 25.6 Å². The van der Waals surface area contributed by atoms with E-state index < -0.39 is 0 Å². The molecular formula is C11H19N5O. The first kappa shape index (κ1) is 11.9. The zero-order chi connectivity index (χ0) is 12.3. The summed E-state index contributed by atoms with van der Waals surface area (Å²) in [4.78, 5) is 10.6. The number of rotatable bonds is 3. The summed E-state index contributed by atoms with van der Waals surface area (Å²) in [6.45, 7) is 3.20. The van der Waals surface area contributed by atoms with Crippen LogP contribution in [-0.4, -0.2) is 29.7 Å². The number of nitrogens with one attached hydrogen (secondary N) is 1. The van der Waals surface area contributed by atoms with Gasteiger partial charge in [0.2, 0.25) is 5.75 Å². The molecule has 2 rings (SSSR count). The molecule has 1 atom stereocenters. The summed E-state index contributed by atoms with van der Waals surface area (Å²) in [5.41, 5.74) is 2.54. The summed E-state index contributed by atoms with van der Waals surface area (Å²) in [6.07, 6.45) is 5.14. The number of nitrogens with two attached hydrogens (primary N) is 1. The Balaban J connectivity index is 2.36. The van der Waals surface area contributed by atoms with E-state index >= 15 is 0 Å². The Labute approximate surface area is 101 Å². The number of hydrogen-bond donors (Lipinski definition) is 2. The fourth-order valence-electron chi connectivity index (χ4n) is 2.27. The molecule has 1 fully saturated rings. The van der Waals surface area contributed by atoms with Gasteiger partial charge in [-0.3, -0.25) is 0 Å². The van der Waals surface area contributed by atoms with Gasteiger partial charge in [-0.05, 0) is 26.2 Å². The number of piperidine rings is 1. The predicted octanol–water partition coefficient (Wildman–Crippen LogP) is 1.15. The average molecular weight is 237 g/mol. The number of ether oxygens (including phenoxy) is 1. The Kier molecular flexibility index (Phi) is 3.63. The molecule has 1 aliphatic rings. The molecule has 1 unspecified atom stereocenters. The number of anilines is 2. The van der Waals surface area contributed by atoms with E-state index in [1.807, 2.05) is 0 Å². The highest BCUT2D eigenvalue weighted by Gasteiger charge is 2.24. The van der Waals surface area contributed by atoms with Crippen molar-refractivity contribution in [2.24, 2.45) is 5.84 Å². The summed E-state index contributed by atoms with van der Waals surface area (Å²) < 4.78 is 5.36. The Morgan fingerprint density at radius 1 is 1.47 bits per heavy atom. The zero-order valence-corrected chi connectivity index (χ0v) is 10.3. The van der Waals surface area contributed by atoms with Gasteiger partial charge in [0.25, 0.3) is 0 Å². The van der Waals surface area contributed by atoms with Crippen molar-refractivity contribution in [1.29, 1.82) is 0 Å². The van der Waals surface area contributed by atoms with Crippen molar-refractivity contribution in [2.75, 3.05) is 24.0 Å². The quantitative estimate of drug-likeness (QED) is 0.606. The highest BCUT2D eigenvalue weighted by atomic mass is 16.5. The molecule has 0 bridgehead atoms. The van der Waals surface area contributed by atoms with E-state index in [4.69, 9.17) is 10.6 Å². The van der Waals surface area contributed by atoms with Gasteiger partial charge in [-0.25, -0.2) is 15.8 Å². The van der Waals surface area contributed by atoms with E-state index in [9.17, 15) is 0 Å². The average Bonchev–Trinajstić information content (AvgIpc) is 2.38. The van der Waals surface area contributed by atoms with Crippen molar-refractivity contribution in [3.8, 4) is 5.75 Å². The molecule has 0 spiro atoms. The maximum Gasteiger partial charge on any atom is 0.205 e. The Bertz CT molecular complexity index is 384. The van der Waals surface area contributed by atoms with E-state index in [0.29, 0.717) is 17.6 Å². The molecule has 0 saturated carbocycles. The molecule has 17 heavy (non-hydrogen) atoms. The van der Waals surface area contributed by atoms with Crippen LogP contribution in [0.4, 0.5) is 11.6 Å².